The Labute approximate surface area is 146 Å². The number of anilines is 1. The second kappa shape index (κ2) is 7.62. The monoisotopic (exact) mass is 332 g/mol. The minimum Gasteiger partial charge on any atom is -0.352 e. The van der Waals surface area contributed by atoms with Crippen LogP contribution in [-0.2, 0) is 11.2 Å². The lowest BCUT2D eigenvalue weighted by molar-refractivity contribution is -0.115. The van der Waals surface area contributed by atoms with Gasteiger partial charge in [0.1, 0.15) is 0 Å². The molecule has 0 fully saturated rings. The molecule has 4 heteroatoms. The van der Waals surface area contributed by atoms with Crippen LogP contribution in [0.25, 0.3) is 10.8 Å². The lowest BCUT2D eigenvalue weighted by atomic mass is 10.0. The van der Waals surface area contributed by atoms with Crippen molar-refractivity contribution in [1.29, 1.82) is 0 Å². The smallest absolute Gasteiger partial charge is 0.253 e. The van der Waals surface area contributed by atoms with E-state index in [9.17, 15) is 9.59 Å². The molecule has 4 nitrogen and oxygen atoms in total. The topological polar surface area (TPSA) is 58.2 Å². The Morgan fingerprint density at radius 3 is 2.44 bits per heavy atom. The Bertz CT molecular complexity index is 913. The van der Waals surface area contributed by atoms with Crippen LogP contribution in [0.5, 0.6) is 0 Å². The Kier molecular flexibility index (Phi) is 5.09. The molecule has 0 radical (unpaired) electrons. The van der Waals surface area contributed by atoms with E-state index < -0.39 is 0 Å². The molecular weight excluding hydrogens is 312 g/mol. The first-order valence-corrected chi connectivity index (χ1v) is 8.32. The third kappa shape index (κ3) is 3.86. The van der Waals surface area contributed by atoms with E-state index in [4.69, 9.17) is 0 Å². The van der Waals surface area contributed by atoms with Crippen LogP contribution in [0.4, 0.5) is 5.69 Å². The summed E-state index contributed by atoms with van der Waals surface area (Å²) in [6, 6.07) is 21.0. The van der Waals surface area contributed by atoms with Crippen molar-refractivity contribution in [3.8, 4) is 0 Å². The molecule has 126 valence electrons. The Balaban J connectivity index is 1.80. The zero-order valence-electron chi connectivity index (χ0n) is 14.1. The van der Waals surface area contributed by atoms with Crippen LogP contribution in [0.1, 0.15) is 22.8 Å². The van der Waals surface area contributed by atoms with Gasteiger partial charge in [0, 0.05) is 6.54 Å². The first kappa shape index (κ1) is 16.7. The molecule has 2 amide bonds. The molecule has 2 N–H and O–H groups in total. The number of benzene rings is 3. The highest BCUT2D eigenvalue weighted by molar-refractivity contribution is 6.04. The Morgan fingerprint density at radius 2 is 1.60 bits per heavy atom. The number of hydrogen-bond donors (Lipinski definition) is 2. The van der Waals surface area contributed by atoms with Crippen molar-refractivity contribution >= 4 is 28.3 Å². The van der Waals surface area contributed by atoms with Crippen molar-refractivity contribution in [1.82, 2.24) is 5.32 Å². The molecule has 0 aliphatic carbocycles. The van der Waals surface area contributed by atoms with Gasteiger partial charge in [-0.15, -0.1) is 0 Å². The maximum absolute atomic E-state index is 12.5. The van der Waals surface area contributed by atoms with Gasteiger partial charge in [-0.25, -0.2) is 0 Å². The fourth-order valence-electron chi connectivity index (χ4n) is 2.86. The van der Waals surface area contributed by atoms with Crippen molar-refractivity contribution in [2.24, 2.45) is 0 Å². The average molecular weight is 332 g/mol. The lowest BCUT2D eigenvalue weighted by Gasteiger charge is -2.11. The number of amides is 2. The summed E-state index contributed by atoms with van der Waals surface area (Å²) in [5, 5.41) is 7.80. The summed E-state index contributed by atoms with van der Waals surface area (Å²) >= 11 is 0. The molecule has 0 atom stereocenters. The molecule has 0 aliphatic heterocycles. The molecule has 3 rings (SSSR count). The summed E-state index contributed by atoms with van der Waals surface area (Å²) in [6.07, 6.45) is 0.255. The van der Waals surface area contributed by atoms with Gasteiger partial charge in [-0.1, -0.05) is 54.6 Å². The van der Waals surface area contributed by atoms with Gasteiger partial charge >= 0.3 is 0 Å². The molecular formula is C21H20N2O2. The van der Waals surface area contributed by atoms with E-state index in [-0.39, 0.29) is 18.2 Å². The summed E-state index contributed by atoms with van der Waals surface area (Å²) in [7, 11) is 0. The lowest BCUT2D eigenvalue weighted by Crippen LogP contribution is -2.25. The second-order valence-corrected chi connectivity index (χ2v) is 5.77. The maximum atomic E-state index is 12.5. The van der Waals surface area contributed by atoms with Gasteiger partial charge < -0.3 is 10.6 Å². The number of fused-ring (bicyclic) bond motifs is 1. The van der Waals surface area contributed by atoms with Crippen molar-refractivity contribution < 1.29 is 9.59 Å². The van der Waals surface area contributed by atoms with Crippen LogP contribution >= 0.6 is 0 Å². The number of rotatable bonds is 5. The largest absolute Gasteiger partial charge is 0.352 e. The first-order valence-electron chi connectivity index (χ1n) is 8.32. The summed E-state index contributed by atoms with van der Waals surface area (Å²) < 4.78 is 0. The zero-order valence-corrected chi connectivity index (χ0v) is 14.1. The standard InChI is InChI=1S/C21H20N2O2/c1-2-22-21(25)18-12-5-6-13-19(18)23-20(24)14-16-10-7-9-15-8-3-4-11-17(15)16/h3-13H,2,14H2,1H3,(H,22,25)(H,23,24). The van der Waals surface area contributed by atoms with E-state index in [1.54, 1.807) is 24.3 Å². The van der Waals surface area contributed by atoms with Crippen molar-refractivity contribution in [3.63, 3.8) is 0 Å². The van der Waals surface area contributed by atoms with Crippen LogP contribution in [0.15, 0.2) is 66.7 Å². The highest BCUT2D eigenvalue weighted by atomic mass is 16.2. The van der Waals surface area contributed by atoms with Crippen molar-refractivity contribution in [3.05, 3.63) is 77.9 Å². The van der Waals surface area contributed by atoms with Crippen LogP contribution in [0, 0.1) is 0 Å². The quantitative estimate of drug-likeness (QED) is 0.747. The van der Waals surface area contributed by atoms with Gasteiger partial charge in [0.05, 0.1) is 17.7 Å². The summed E-state index contributed by atoms with van der Waals surface area (Å²) in [5.41, 5.74) is 1.96. The third-order valence-electron chi connectivity index (χ3n) is 4.01. The minimum absolute atomic E-state index is 0.145. The van der Waals surface area contributed by atoms with Gasteiger partial charge in [-0.3, -0.25) is 9.59 Å². The molecule has 3 aromatic carbocycles. The Morgan fingerprint density at radius 1 is 0.880 bits per heavy atom. The predicted octanol–water partition coefficient (Wildman–Crippen LogP) is 3.77. The van der Waals surface area contributed by atoms with Gasteiger partial charge in [0.2, 0.25) is 5.91 Å². The molecule has 3 aromatic rings. The fourth-order valence-corrected chi connectivity index (χ4v) is 2.86. The number of carbonyl (C=O) groups is 2. The number of para-hydroxylation sites is 1. The molecule has 0 aromatic heterocycles. The molecule has 0 unspecified atom stereocenters. The summed E-state index contributed by atoms with van der Waals surface area (Å²) in [4.78, 5) is 24.6. The molecule has 0 aliphatic rings. The van der Waals surface area contributed by atoms with Crippen LogP contribution < -0.4 is 10.6 Å². The van der Waals surface area contributed by atoms with Gasteiger partial charge in [0.25, 0.3) is 5.91 Å². The van der Waals surface area contributed by atoms with Crippen molar-refractivity contribution in [2.75, 3.05) is 11.9 Å². The normalized spacial score (nSPS) is 10.4. The van der Waals surface area contributed by atoms with E-state index in [1.165, 1.54) is 0 Å². The molecule has 0 heterocycles. The third-order valence-corrected chi connectivity index (χ3v) is 4.01. The first-order chi connectivity index (χ1) is 12.2. The number of hydrogen-bond acceptors (Lipinski definition) is 2. The van der Waals surface area contributed by atoms with E-state index in [1.807, 2.05) is 49.4 Å². The summed E-state index contributed by atoms with van der Waals surface area (Å²) in [5.74, 6) is -0.336. The number of carbonyl (C=O) groups excluding carboxylic acids is 2. The molecule has 25 heavy (non-hydrogen) atoms. The fraction of sp³-hybridized carbons (Fsp3) is 0.143. The van der Waals surface area contributed by atoms with E-state index >= 15 is 0 Å². The highest BCUT2D eigenvalue weighted by Crippen LogP contribution is 2.20. The van der Waals surface area contributed by atoms with E-state index in [0.717, 1.165) is 16.3 Å². The van der Waals surface area contributed by atoms with Gasteiger partial charge in [0.15, 0.2) is 0 Å². The molecule has 0 bridgehead atoms. The van der Waals surface area contributed by atoms with Gasteiger partial charge in [-0.05, 0) is 35.4 Å². The van der Waals surface area contributed by atoms with Crippen LogP contribution in [0.2, 0.25) is 0 Å². The molecule has 0 saturated carbocycles. The molecule has 0 saturated heterocycles. The van der Waals surface area contributed by atoms with Crippen LogP contribution in [0.3, 0.4) is 0 Å². The van der Waals surface area contributed by atoms with Crippen molar-refractivity contribution in [2.45, 2.75) is 13.3 Å². The molecule has 0 spiro atoms. The zero-order chi connectivity index (χ0) is 17.6. The minimum atomic E-state index is -0.191. The SMILES string of the molecule is CCNC(=O)c1ccccc1NC(=O)Cc1cccc2ccccc12. The van der Waals surface area contributed by atoms with Crippen LogP contribution in [-0.4, -0.2) is 18.4 Å². The second-order valence-electron chi connectivity index (χ2n) is 5.77. The Hall–Kier alpha value is -3.14. The number of nitrogens with one attached hydrogen (secondary N) is 2. The van der Waals surface area contributed by atoms with E-state index in [2.05, 4.69) is 10.6 Å². The summed E-state index contributed by atoms with van der Waals surface area (Å²) in [6.45, 7) is 2.40. The van der Waals surface area contributed by atoms with Gasteiger partial charge in [-0.2, -0.15) is 0 Å². The maximum Gasteiger partial charge on any atom is 0.253 e. The van der Waals surface area contributed by atoms with E-state index in [0.29, 0.717) is 17.8 Å². The predicted molar refractivity (Wildman–Crippen MR) is 101 cm³/mol. The average Bonchev–Trinajstić information content (AvgIpc) is 2.62. The highest BCUT2D eigenvalue weighted by Gasteiger charge is 2.13.